The minimum atomic E-state index is -1.42. The molecular weight excluding hydrogens is 470 g/mol. The van der Waals surface area contributed by atoms with Crippen LogP contribution in [0.2, 0.25) is 0 Å². The molecule has 3 amide bonds. The number of hydrogen-bond acceptors (Lipinski definition) is 10. The van der Waals surface area contributed by atoms with E-state index in [-0.39, 0.29) is 36.3 Å². The summed E-state index contributed by atoms with van der Waals surface area (Å²) in [4.78, 5) is 69.5. The number of nitrogens with one attached hydrogen (secondary N) is 2. The van der Waals surface area contributed by atoms with E-state index < -0.39 is 41.9 Å². The molecule has 1 aromatic rings. The van der Waals surface area contributed by atoms with Gasteiger partial charge in [0, 0.05) is 19.0 Å². The number of carbonyl (C=O) groups is 5. The molecule has 14 heteroatoms. The Hall–Kier alpha value is -3.91. The maximum atomic E-state index is 12.8. The third-order valence-corrected chi connectivity index (χ3v) is 4.56. The molecule has 0 unspecified atom stereocenters. The first kappa shape index (κ1) is 29.1. The molecular formula is C21H29N3O11. The zero-order valence-corrected chi connectivity index (χ0v) is 19.7. The van der Waals surface area contributed by atoms with Crippen LogP contribution in [0.25, 0.3) is 0 Å². The summed E-state index contributed by atoms with van der Waals surface area (Å²) in [5.41, 5.74) is -0.00683. The molecule has 1 aromatic carbocycles. The second-order valence-corrected chi connectivity index (χ2v) is 7.14. The number of amides is 3. The fourth-order valence-electron chi connectivity index (χ4n) is 2.78. The van der Waals surface area contributed by atoms with E-state index in [1.807, 2.05) is 0 Å². The summed E-state index contributed by atoms with van der Waals surface area (Å²) in [6, 6.07) is 1.25. The maximum Gasteiger partial charge on any atom is 0.513 e. The fourth-order valence-corrected chi connectivity index (χ4v) is 2.78. The van der Waals surface area contributed by atoms with Crippen LogP contribution in [0.5, 0.6) is 11.5 Å². The predicted molar refractivity (Wildman–Crippen MR) is 117 cm³/mol. The fraction of sp³-hybridized carbons (Fsp3) is 0.476. The van der Waals surface area contributed by atoms with Crippen LogP contribution in [0.4, 0.5) is 4.79 Å². The van der Waals surface area contributed by atoms with Crippen molar-refractivity contribution in [3.63, 3.8) is 0 Å². The number of benzene rings is 1. The van der Waals surface area contributed by atoms with Gasteiger partial charge in [0.25, 0.3) is 5.91 Å². The quantitative estimate of drug-likeness (QED) is 0.0990. The van der Waals surface area contributed by atoms with Crippen LogP contribution in [-0.2, 0) is 24.0 Å². The van der Waals surface area contributed by atoms with Gasteiger partial charge in [-0.1, -0.05) is 13.3 Å². The molecule has 2 atom stereocenters. The number of hydroxylamine groups is 2. The lowest BCUT2D eigenvalue weighted by Gasteiger charge is -2.21. The number of aliphatic carboxylic acids is 1. The van der Waals surface area contributed by atoms with Gasteiger partial charge in [0.05, 0.1) is 14.2 Å². The summed E-state index contributed by atoms with van der Waals surface area (Å²) in [6.07, 6.45) is -1.02. The zero-order valence-electron chi connectivity index (χ0n) is 19.7. The Morgan fingerprint density at radius 1 is 1.03 bits per heavy atom. The molecule has 0 saturated heterocycles. The van der Waals surface area contributed by atoms with Crippen LogP contribution in [0, 0.1) is 0 Å². The smallest absolute Gasteiger partial charge is 0.480 e. The third kappa shape index (κ3) is 9.46. The molecule has 0 spiro atoms. The summed E-state index contributed by atoms with van der Waals surface area (Å²) in [7, 11) is 3.41. The van der Waals surface area contributed by atoms with Gasteiger partial charge < -0.3 is 30.1 Å². The average Bonchev–Trinajstić information content (AvgIpc) is 2.81. The lowest BCUT2D eigenvalue weighted by atomic mass is 10.1. The average molecular weight is 499 g/mol. The van der Waals surface area contributed by atoms with Crippen LogP contribution in [-0.4, -0.2) is 78.6 Å². The Kier molecular flexibility index (Phi) is 12.0. The summed E-state index contributed by atoms with van der Waals surface area (Å²) in [5, 5.41) is 23.6. The first-order valence-electron chi connectivity index (χ1n) is 10.4. The van der Waals surface area contributed by atoms with Crippen molar-refractivity contribution in [2.75, 3.05) is 21.3 Å². The Bertz CT molecular complexity index is 920. The van der Waals surface area contributed by atoms with Crippen molar-refractivity contribution in [1.82, 2.24) is 15.7 Å². The van der Waals surface area contributed by atoms with Crippen LogP contribution in [0.1, 0.15) is 43.0 Å². The Labute approximate surface area is 200 Å². The first-order chi connectivity index (χ1) is 16.5. The molecule has 1 rings (SSSR count). The van der Waals surface area contributed by atoms with Gasteiger partial charge in [-0.05, 0) is 31.0 Å². The summed E-state index contributed by atoms with van der Waals surface area (Å²) >= 11 is 0. The molecule has 35 heavy (non-hydrogen) atoms. The highest BCUT2D eigenvalue weighted by atomic mass is 17.2. The number of rotatable bonds is 13. The second kappa shape index (κ2) is 14.4. The standard InChI is InChI=1S/C21H29N3O11/c1-5-6-13(19(27)23-14(20(28)29)8-10-17(25)24(2)31)22-18(26)12-7-9-15(35-33-4)16(11-12)34-21(30)32-3/h7,9,11,13-14,31H,5-6,8,10H2,1-4H3,(H,22,26)(H,23,27)(H,28,29)/t13-,14-/m0/s1. The SMILES string of the molecule is CCC[C@H](NC(=O)c1ccc(OOC)c(OC(=O)OC)c1)C(=O)N[C@@H](CCC(=O)N(C)O)C(=O)O. The Balaban J connectivity index is 3.00. The minimum Gasteiger partial charge on any atom is -0.480 e. The van der Waals surface area contributed by atoms with Crippen molar-refractivity contribution in [1.29, 1.82) is 0 Å². The van der Waals surface area contributed by atoms with Gasteiger partial charge in [0.15, 0.2) is 5.75 Å². The maximum absolute atomic E-state index is 12.8. The molecule has 0 saturated carbocycles. The topological polar surface area (TPSA) is 190 Å². The molecule has 194 valence electrons. The molecule has 0 aliphatic rings. The minimum absolute atomic E-state index is 0.00683. The molecule has 4 N–H and O–H groups in total. The normalized spacial score (nSPS) is 12.0. The monoisotopic (exact) mass is 499 g/mol. The highest BCUT2D eigenvalue weighted by molar-refractivity contribution is 5.98. The second-order valence-electron chi connectivity index (χ2n) is 7.14. The number of nitrogens with zero attached hydrogens (tertiary/aromatic N) is 1. The van der Waals surface area contributed by atoms with Crippen molar-refractivity contribution in [2.24, 2.45) is 0 Å². The van der Waals surface area contributed by atoms with Crippen LogP contribution in [0.3, 0.4) is 0 Å². The van der Waals surface area contributed by atoms with E-state index in [1.54, 1.807) is 6.92 Å². The van der Waals surface area contributed by atoms with E-state index in [2.05, 4.69) is 20.3 Å². The highest BCUT2D eigenvalue weighted by Gasteiger charge is 2.27. The van der Waals surface area contributed by atoms with Crippen LogP contribution >= 0.6 is 0 Å². The molecule has 0 aliphatic carbocycles. The lowest BCUT2D eigenvalue weighted by molar-refractivity contribution is -0.179. The third-order valence-electron chi connectivity index (χ3n) is 4.56. The van der Waals surface area contributed by atoms with E-state index >= 15 is 0 Å². The lowest BCUT2D eigenvalue weighted by Crippen LogP contribution is -2.51. The van der Waals surface area contributed by atoms with Crippen LogP contribution < -0.4 is 20.3 Å². The number of ether oxygens (including phenoxy) is 2. The van der Waals surface area contributed by atoms with Crippen molar-refractivity contribution in [3.8, 4) is 11.5 Å². The van der Waals surface area contributed by atoms with E-state index in [1.165, 1.54) is 25.3 Å². The number of hydrogen-bond donors (Lipinski definition) is 4. The molecule has 0 aliphatic heterocycles. The Morgan fingerprint density at radius 3 is 2.26 bits per heavy atom. The molecule has 0 fully saturated rings. The molecule has 14 nitrogen and oxygen atoms in total. The number of carboxylic acids is 1. The molecule has 0 bridgehead atoms. The summed E-state index contributed by atoms with van der Waals surface area (Å²) in [5.74, 6) is -3.82. The van der Waals surface area contributed by atoms with E-state index in [9.17, 15) is 29.1 Å². The van der Waals surface area contributed by atoms with Gasteiger partial charge in [0.1, 0.15) is 12.1 Å². The van der Waals surface area contributed by atoms with Gasteiger partial charge in [0.2, 0.25) is 17.6 Å². The van der Waals surface area contributed by atoms with E-state index in [4.69, 9.17) is 14.8 Å². The number of carboxylic acid groups (broad SMARTS) is 1. The van der Waals surface area contributed by atoms with Gasteiger partial charge in [-0.2, -0.15) is 4.89 Å². The molecule has 0 heterocycles. The summed E-state index contributed by atoms with van der Waals surface area (Å²) < 4.78 is 9.36. The van der Waals surface area contributed by atoms with Crippen LogP contribution in [0.15, 0.2) is 18.2 Å². The highest BCUT2D eigenvalue weighted by Crippen LogP contribution is 2.29. The van der Waals surface area contributed by atoms with Gasteiger partial charge >= 0.3 is 12.1 Å². The summed E-state index contributed by atoms with van der Waals surface area (Å²) in [6.45, 7) is 1.76. The first-order valence-corrected chi connectivity index (χ1v) is 10.4. The van der Waals surface area contributed by atoms with Crippen molar-refractivity contribution in [2.45, 2.75) is 44.7 Å². The van der Waals surface area contributed by atoms with Gasteiger partial charge in [-0.3, -0.25) is 19.6 Å². The number of carbonyl (C=O) groups excluding carboxylic acids is 4. The largest absolute Gasteiger partial charge is 0.513 e. The van der Waals surface area contributed by atoms with Crippen molar-refractivity contribution < 1.29 is 53.5 Å². The van der Waals surface area contributed by atoms with Gasteiger partial charge in [-0.25, -0.2) is 14.7 Å². The molecule has 0 aromatic heterocycles. The van der Waals surface area contributed by atoms with E-state index in [0.29, 0.717) is 11.5 Å². The number of methoxy groups -OCH3 is 1. The van der Waals surface area contributed by atoms with E-state index in [0.717, 1.165) is 14.2 Å². The van der Waals surface area contributed by atoms with Crippen molar-refractivity contribution in [3.05, 3.63) is 23.8 Å². The Morgan fingerprint density at radius 2 is 1.71 bits per heavy atom. The van der Waals surface area contributed by atoms with Gasteiger partial charge in [-0.15, -0.1) is 0 Å². The zero-order chi connectivity index (χ0) is 26.5. The van der Waals surface area contributed by atoms with Crippen molar-refractivity contribution >= 4 is 29.8 Å². The predicted octanol–water partition coefficient (Wildman–Crippen LogP) is 0.868. The molecule has 0 radical (unpaired) electrons.